The molecule has 9 heteroatoms. The van der Waals surface area contributed by atoms with E-state index < -0.39 is 15.9 Å². The van der Waals surface area contributed by atoms with Crippen molar-refractivity contribution in [2.75, 3.05) is 19.0 Å². The molecule has 0 aromatic heterocycles. The highest BCUT2D eigenvalue weighted by Gasteiger charge is 2.18. The molecule has 0 bridgehead atoms. The molecule has 0 spiro atoms. The van der Waals surface area contributed by atoms with Gasteiger partial charge in [0.05, 0.1) is 28.3 Å². The predicted molar refractivity (Wildman–Crippen MR) is 103 cm³/mol. The Hall–Kier alpha value is -2.06. The first-order chi connectivity index (χ1) is 12.3. The van der Waals surface area contributed by atoms with Crippen molar-refractivity contribution in [3.05, 3.63) is 64.7 Å². The Labute approximate surface area is 161 Å². The van der Waals surface area contributed by atoms with Crippen molar-refractivity contribution in [2.24, 2.45) is 0 Å². The smallest absolute Gasteiger partial charge is 0.257 e. The van der Waals surface area contributed by atoms with Crippen molar-refractivity contribution < 1.29 is 17.9 Å². The number of methoxy groups -OCH3 is 1. The molecule has 0 saturated heterocycles. The average Bonchev–Trinajstić information content (AvgIpc) is 2.59. The van der Waals surface area contributed by atoms with Crippen molar-refractivity contribution >= 4 is 44.8 Å². The zero-order valence-corrected chi connectivity index (χ0v) is 16.1. The molecule has 138 valence electrons. The van der Waals surface area contributed by atoms with E-state index in [4.69, 9.17) is 27.9 Å². The zero-order valence-electron chi connectivity index (χ0n) is 13.8. The molecule has 0 saturated carbocycles. The Morgan fingerprint density at radius 1 is 1.23 bits per heavy atom. The molecule has 0 fully saturated rings. The summed E-state index contributed by atoms with van der Waals surface area (Å²) in [5, 5.41) is 3.17. The molecule has 0 aliphatic heterocycles. The van der Waals surface area contributed by atoms with Crippen molar-refractivity contribution in [3.63, 3.8) is 0 Å². The molecule has 0 unspecified atom stereocenters. The number of amides is 1. The van der Waals surface area contributed by atoms with E-state index in [0.717, 1.165) is 0 Å². The molecule has 2 N–H and O–H groups in total. The molecule has 2 aromatic rings. The van der Waals surface area contributed by atoms with Gasteiger partial charge in [-0.3, -0.25) is 4.79 Å². The van der Waals surface area contributed by atoms with E-state index in [1.165, 1.54) is 49.6 Å². The van der Waals surface area contributed by atoms with Crippen LogP contribution in [0.2, 0.25) is 10.0 Å². The standard InChI is InChI=1S/C17H16Cl2N2O4S/c1-3-8-20-26(23,24)12-5-7-16(25-2)15(10-12)21-17(22)13-6-4-11(18)9-14(13)19/h3-7,9-10,20H,1,8H2,2H3,(H,21,22). The van der Waals surface area contributed by atoms with Gasteiger partial charge in [0.25, 0.3) is 5.91 Å². The fourth-order valence-electron chi connectivity index (χ4n) is 2.07. The Kier molecular flexibility index (Phi) is 6.66. The fraction of sp³-hybridized carbons (Fsp3) is 0.118. The van der Waals surface area contributed by atoms with Gasteiger partial charge in [0.1, 0.15) is 5.75 Å². The summed E-state index contributed by atoms with van der Waals surface area (Å²) in [6.07, 6.45) is 1.42. The lowest BCUT2D eigenvalue weighted by atomic mass is 10.2. The van der Waals surface area contributed by atoms with Gasteiger partial charge in [-0.2, -0.15) is 0 Å². The molecule has 0 radical (unpaired) electrons. The van der Waals surface area contributed by atoms with Crippen LogP contribution in [0.15, 0.2) is 53.9 Å². The minimum atomic E-state index is -3.76. The van der Waals surface area contributed by atoms with E-state index >= 15 is 0 Å². The van der Waals surface area contributed by atoms with Crippen LogP contribution >= 0.6 is 23.2 Å². The number of hydrogen-bond acceptors (Lipinski definition) is 4. The Morgan fingerprint density at radius 2 is 1.96 bits per heavy atom. The average molecular weight is 415 g/mol. The zero-order chi connectivity index (χ0) is 19.3. The molecule has 26 heavy (non-hydrogen) atoms. The van der Waals surface area contributed by atoms with Gasteiger partial charge >= 0.3 is 0 Å². The third kappa shape index (κ3) is 4.76. The third-order valence-electron chi connectivity index (χ3n) is 3.32. The molecule has 0 atom stereocenters. The highest BCUT2D eigenvalue weighted by molar-refractivity contribution is 7.89. The Balaban J connectivity index is 2.37. The lowest BCUT2D eigenvalue weighted by Gasteiger charge is -2.13. The molecular weight excluding hydrogens is 399 g/mol. The summed E-state index contributed by atoms with van der Waals surface area (Å²) in [5.74, 6) is -0.232. The molecule has 2 aromatic carbocycles. The molecule has 6 nitrogen and oxygen atoms in total. The first kappa shape index (κ1) is 20.3. The van der Waals surface area contributed by atoms with Gasteiger partial charge in [-0.05, 0) is 36.4 Å². The molecular formula is C17H16Cl2N2O4S. The summed E-state index contributed by atoms with van der Waals surface area (Å²) in [6, 6.07) is 8.55. The fourth-order valence-corrected chi connectivity index (χ4v) is 3.59. The van der Waals surface area contributed by atoms with Crippen LogP contribution in [0.1, 0.15) is 10.4 Å². The van der Waals surface area contributed by atoms with Gasteiger partial charge in [-0.25, -0.2) is 13.1 Å². The molecule has 1 amide bonds. The van der Waals surface area contributed by atoms with Crippen molar-refractivity contribution in [1.82, 2.24) is 4.72 Å². The highest BCUT2D eigenvalue weighted by atomic mass is 35.5. The lowest BCUT2D eigenvalue weighted by Crippen LogP contribution is -2.24. The third-order valence-corrected chi connectivity index (χ3v) is 5.29. The normalized spacial score (nSPS) is 11.0. The largest absolute Gasteiger partial charge is 0.495 e. The summed E-state index contributed by atoms with van der Waals surface area (Å²) in [7, 11) is -2.35. The maximum atomic E-state index is 12.5. The minimum absolute atomic E-state index is 0.0300. The Morgan fingerprint density at radius 3 is 2.58 bits per heavy atom. The molecule has 0 aliphatic carbocycles. The Bertz CT molecular complexity index is 946. The lowest BCUT2D eigenvalue weighted by molar-refractivity contribution is 0.102. The number of anilines is 1. The predicted octanol–water partition coefficient (Wildman–Crippen LogP) is 3.72. The first-order valence-corrected chi connectivity index (χ1v) is 9.57. The van der Waals surface area contributed by atoms with E-state index in [9.17, 15) is 13.2 Å². The monoisotopic (exact) mass is 414 g/mol. The van der Waals surface area contributed by atoms with Gasteiger partial charge in [-0.15, -0.1) is 6.58 Å². The number of rotatable bonds is 7. The van der Waals surface area contributed by atoms with Crippen LogP contribution in [0.5, 0.6) is 5.75 Å². The second kappa shape index (κ2) is 8.55. The van der Waals surface area contributed by atoms with Gasteiger partial charge < -0.3 is 10.1 Å². The van der Waals surface area contributed by atoms with Crippen LogP contribution < -0.4 is 14.8 Å². The van der Waals surface area contributed by atoms with Crippen molar-refractivity contribution in [1.29, 1.82) is 0 Å². The van der Waals surface area contributed by atoms with Crippen molar-refractivity contribution in [3.8, 4) is 5.75 Å². The van der Waals surface area contributed by atoms with Crippen LogP contribution in [-0.4, -0.2) is 28.0 Å². The molecule has 0 heterocycles. The number of nitrogens with one attached hydrogen (secondary N) is 2. The summed E-state index contributed by atoms with van der Waals surface area (Å²) in [6.45, 7) is 3.54. The van der Waals surface area contributed by atoms with Crippen LogP contribution in [0, 0.1) is 0 Å². The van der Waals surface area contributed by atoms with Gasteiger partial charge in [0.2, 0.25) is 10.0 Å². The second-order valence-electron chi connectivity index (χ2n) is 5.08. The molecule has 2 rings (SSSR count). The van der Waals surface area contributed by atoms with E-state index in [0.29, 0.717) is 10.8 Å². The van der Waals surface area contributed by atoms with E-state index in [2.05, 4.69) is 16.6 Å². The topological polar surface area (TPSA) is 84.5 Å². The highest BCUT2D eigenvalue weighted by Crippen LogP contribution is 2.29. The van der Waals surface area contributed by atoms with E-state index in [1.807, 2.05) is 0 Å². The van der Waals surface area contributed by atoms with E-state index in [1.54, 1.807) is 0 Å². The maximum Gasteiger partial charge on any atom is 0.257 e. The van der Waals surface area contributed by atoms with Crippen LogP contribution in [0.4, 0.5) is 5.69 Å². The van der Waals surface area contributed by atoms with Crippen LogP contribution in [0.3, 0.4) is 0 Å². The van der Waals surface area contributed by atoms with E-state index in [-0.39, 0.29) is 27.7 Å². The summed E-state index contributed by atoms with van der Waals surface area (Å²) < 4.78 is 32.0. The van der Waals surface area contributed by atoms with Gasteiger partial charge in [-0.1, -0.05) is 29.3 Å². The number of carbonyl (C=O) groups is 1. The minimum Gasteiger partial charge on any atom is -0.495 e. The first-order valence-electron chi connectivity index (χ1n) is 7.33. The van der Waals surface area contributed by atoms with Crippen molar-refractivity contribution in [2.45, 2.75) is 4.90 Å². The number of hydrogen-bond donors (Lipinski definition) is 2. The van der Waals surface area contributed by atoms with Crippen LogP contribution in [-0.2, 0) is 10.0 Å². The second-order valence-corrected chi connectivity index (χ2v) is 7.69. The SMILES string of the molecule is C=CCNS(=O)(=O)c1ccc(OC)c(NC(=O)c2ccc(Cl)cc2Cl)c1. The number of halogens is 2. The molecule has 0 aliphatic rings. The number of benzene rings is 2. The summed E-state index contributed by atoms with van der Waals surface area (Å²) in [5.41, 5.74) is 0.376. The summed E-state index contributed by atoms with van der Waals surface area (Å²) >= 11 is 11.9. The van der Waals surface area contributed by atoms with Gasteiger partial charge in [0.15, 0.2) is 0 Å². The maximum absolute atomic E-state index is 12.5. The van der Waals surface area contributed by atoms with Crippen LogP contribution in [0.25, 0.3) is 0 Å². The number of carbonyl (C=O) groups excluding carboxylic acids is 1. The van der Waals surface area contributed by atoms with Gasteiger partial charge in [0, 0.05) is 11.6 Å². The quantitative estimate of drug-likeness (QED) is 0.676. The summed E-state index contributed by atoms with van der Waals surface area (Å²) in [4.78, 5) is 12.4. The number of ether oxygens (including phenoxy) is 1. The number of sulfonamides is 1.